The van der Waals surface area contributed by atoms with E-state index in [1.807, 2.05) is 23.5 Å². The van der Waals surface area contributed by atoms with Crippen LogP contribution in [-0.2, 0) is 11.3 Å². The number of carbonyl (C=O) groups excluding carboxylic acids is 1. The van der Waals surface area contributed by atoms with Gasteiger partial charge in [-0.05, 0) is 56.5 Å². The van der Waals surface area contributed by atoms with Crippen LogP contribution in [0.5, 0.6) is 0 Å². The average molecular weight is 314 g/mol. The van der Waals surface area contributed by atoms with E-state index in [4.69, 9.17) is 0 Å². The van der Waals surface area contributed by atoms with E-state index in [0.29, 0.717) is 0 Å². The van der Waals surface area contributed by atoms with Gasteiger partial charge in [0.2, 0.25) is 5.91 Å². The van der Waals surface area contributed by atoms with Crippen molar-refractivity contribution in [1.29, 1.82) is 0 Å². The van der Waals surface area contributed by atoms with Crippen LogP contribution in [0.25, 0.3) is 0 Å². The first kappa shape index (κ1) is 15.3. The van der Waals surface area contributed by atoms with Crippen LogP contribution in [-0.4, -0.2) is 5.91 Å². The lowest BCUT2D eigenvalue weighted by atomic mass is 10.1. The molecule has 1 aliphatic rings. The molecular formula is C18H22N2OS. The van der Waals surface area contributed by atoms with Crippen molar-refractivity contribution in [2.45, 2.75) is 39.3 Å². The molecule has 1 saturated carbocycles. The third-order valence-corrected chi connectivity index (χ3v) is 5.01. The lowest BCUT2D eigenvalue weighted by Crippen LogP contribution is -2.17. The number of thiophene rings is 1. The summed E-state index contributed by atoms with van der Waals surface area (Å²) in [6.07, 6.45) is 2.07. The molecular weight excluding hydrogens is 292 g/mol. The fourth-order valence-electron chi connectivity index (χ4n) is 2.40. The predicted octanol–water partition coefficient (Wildman–Crippen LogP) is 4.26. The van der Waals surface area contributed by atoms with Crippen LogP contribution in [0.4, 0.5) is 5.69 Å². The minimum atomic E-state index is 0.159. The highest BCUT2D eigenvalue weighted by molar-refractivity contribution is 7.11. The molecule has 0 spiro atoms. The molecule has 0 radical (unpaired) electrons. The maximum atomic E-state index is 11.7. The zero-order valence-corrected chi connectivity index (χ0v) is 13.9. The molecule has 2 aromatic rings. The molecule has 1 aliphatic carbocycles. The summed E-state index contributed by atoms with van der Waals surface area (Å²) < 4.78 is 0. The zero-order chi connectivity index (χ0) is 15.5. The SMILES string of the molecule is Cc1ccc(CN[C@H](C)c2ccc(NC(=O)C3CC3)cc2)s1. The smallest absolute Gasteiger partial charge is 0.227 e. The summed E-state index contributed by atoms with van der Waals surface area (Å²) in [6.45, 7) is 5.18. The van der Waals surface area contributed by atoms with Crippen molar-refractivity contribution >= 4 is 22.9 Å². The Hall–Kier alpha value is -1.65. The molecule has 0 saturated heterocycles. The highest BCUT2D eigenvalue weighted by Gasteiger charge is 2.29. The Bertz CT molecular complexity index is 643. The van der Waals surface area contributed by atoms with E-state index >= 15 is 0 Å². The number of hydrogen-bond donors (Lipinski definition) is 2. The summed E-state index contributed by atoms with van der Waals surface area (Å²) in [5.41, 5.74) is 2.12. The first-order chi connectivity index (χ1) is 10.6. The quantitative estimate of drug-likeness (QED) is 0.836. The van der Waals surface area contributed by atoms with Gasteiger partial charge in [0.05, 0.1) is 0 Å². The molecule has 3 rings (SSSR count). The van der Waals surface area contributed by atoms with E-state index in [1.54, 1.807) is 0 Å². The summed E-state index contributed by atoms with van der Waals surface area (Å²) >= 11 is 1.83. The van der Waals surface area contributed by atoms with E-state index in [9.17, 15) is 4.79 Å². The Kier molecular flexibility index (Phi) is 4.60. The Morgan fingerprint density at radius 2 is 1.95 bits per heavy atom. The molecule has 116 valence electrons. The van der Waals surface area contributed by atoms with Crippen molar-refractivity contribution in [3.8, 4) is 0 Å². The van der Waals surface area contributed by atoms with Crippen molar-refractivity contribution in [2.24, 2.45) is 5.92 Å². The van der Waals surface area contributed by atoms with E-state index in [2.05, 4.69) is 48.7 Å². The van der Waals surface area contributed by atoms with Gasteiger partial charge in [-0.25, -0.2) is 0 Å². The van der Waals surface area contributed by atoms with Crippen LogP contribution in [0.3, 0.4) is 0 Å². The summed E-state index contributed by atoms with van der Waals surface area (Å²) in [7, 11) is 0. The van der Waals surface area contributed by atoms with Gasteiger partial charge in [0.25, 0.3) is 0 Å². The highest BCUT2D eigenvalue weighted by Crippen LogP contribution is 2.30. The van der Waals surface area contributed by atoms with Gasteiger partial charge in [-0.2, -0.15) is 0 Å². The number of carbonyl (C=O) groups is 1. The number of nitrogens with one attached hydrogen (secondary N) is 2. The van der Waals surface area contributed by atoms with Gasteiger partial charge in [0, 0.05) is 33.9 Å². The summed E-state index contributed by atoms with van der Waals surface area (Å²) in [5.74, 6) is 0.404. The zero-order valence-electron chi connectivity index (χ0n) is 13.1. The van der Waals surface area contributed by atoms with Crippen LogP contribution in [0.1, 0.15) is 41.1 Å². The monoisotopic (exact) mass is 314 g/mol. The Morgan fingerprint density at radius 1 is 1.23 bits per heavy atom. The molecule has 0 aliphatic heterocycles. The molecule has 22 heavy (non-hydrogen) atoms. The topological polar surface area (TPSA) is 41.1 Å². The fourth-order valence-corrected chi connectivity index (χ4v) is 3.24. The number of aryl methyl sites for hydroxylation is 1. The van der Waals surface area contributed by atoms with E-state index < -0.39 is 0 Å². The second-order valence-electron chi connectivity index (χ2n) is 6.00. The van der Waals surface area contributed by atoms with Crippen LogP contribution in [0.15, 0.2) is 36.4 Å². The first-order valence-electron chi connectivity index (χ1n) is 7.81. The van der Waals surface area contributed by atoms with Gasteiger partial charge in [-0.1, -0.05) is 12.1 Å². The Labute approximate surface area is 135 Å². The normalized spacial score (nSPS) is 15.5. The average Bonchev–Trinajstić information content (AvgIpc) is 3.29. The van der Waals surface area contributed by atoms with E-state index in [-0.39, 0.29) is 17.9 Å². The second kappa shape index (κ2) is 6.63. The number of hydrogen-bond acceptors (Lipinski definition) is 3. The van der Waals surface area contributed by atoms with Crippen LogP contribution >= 0.6 is 11.3 Å². The molecule has 1 aromatic heterocycles. The lowest BCUT2D eigenvalue weighted by molar-refractivity contribution is -0.117. The maximum Gasteiger partial charge on any atom is 0.227 e. The van der Waals surface area contributed by atoms with Gasteiger partial charge in [0.15, 0.2) is 0 Å². The third-order valence-electron chi connectivity index (χ3n) is 4.00. The molecule has 1 atom stereocenters. The van der Waals surface area contributed by atoms with Gasteiger partial charge < -0.3 is 10.6 Å². The van der Waals surface area contributed by atoms with Crippen molar-refractivity contribution in [3.63, 3.8) is 0 Å². The molecule has 1 fully saturated rings. The third kappa shape index (κ3) is 3.96. The molecule has 1 aromatic carbocycles. The molecule has 3 nitrogen and oxygen atoms in total. The standard InChI is InChI=1S/C18H22N2OS/c1-12-3-10-17(22-12)11-19-13(2)14-6-8-16(9-7-14)20-18(21)15-4-5-15/h3,6-10,13,15,19H,4-5,11H2,1-2H3,(H,20,21)/t13-/m1/s1. The van der Waals surface area contributed by atoms with Crippen LogP contribution in [0.2, 0.25) is 0 Å². The summed E-state index contributed by atoms with van der Waals surface area (Å²) in [4.78, 5) is 14.4. The molecule has 0 unspecified atom stereocenters. The fraction of sp³-hybridized carbons (Fsp3) is 0.389. The largest absolute Gasteiger partial charge is 0.326 e. The van der Waals surface area contributed by atoms with Gasteiger partial charge >= 0.3 is 0 Å². The number of anilines is 1. The van der Waals surface area contributed by atoms with Crippen LogP contribution < -0.4 is 10.6 Å². The minimum absolute atomic E-state index is 0.159. The molecule has 2 N–H and O–H groups in total. The van der Waals surface area contributed by atoms with Gasteiger partial charge in [0.1, 0.15) is 0 Å². The molecule has 1 amide bonds. The lowest BCUT2D eigenvalue weighted by Gasteiger charge is -2.14. The van der Waals surface area contributed by atoms with E-state index in [0.717, 1.165) is 25.1 Å². The van der Waals surface area contributed by atoms with E-state index in [1.165, 1.54) is 15.3 Å². The highest BCUT2D eigenvalue weighted by atomic mass is 32.1. The minimum Gasteiger partial charge on any atom is -0.326 e. The molecule has 1 heterocycles. The summed E-state index contributed by atoms with van der Waals surface area (Å²) in [5, 5.41) is 6.51. The van der Waals surface area contributed by atoms with Crippen molar-refractivity contribution < 1.29 is 4.79 Å². The van der Waals surface area contributed by atoms with Crippen LogP contribution in [0, 0.1) is 12.8 Å². The maximum absolute atomic E-state index is 11.7. The first-order valence-corrected chi connectivity index (χ1v) is 8.63. The Morgan fingerprint density at radius 3 is 2.55 bits per heavy atom. The molecule has 4 heteroatoms. The Balaban J connectivity index is 1.53. The predicted molar refractivity (Wildman–Crippen MR) is 92.1 cm³/mol. The number of benzene rings is 1. The van der Waals surface area contributed by atoms with Gasteiger partial charge in [-0.3, -0.25) is 4.79 Å². The number of rotatable bonds is 6. The second-order valence-corrected chi connectivity index (χ2v) is 7.37. The summed E-state index contributed by atoms with van der Waals surface area (Å²) in [6, 6.07) is 12.8. The molecule has 0 bridgehead atoms. The van der Waals surface area contributed by atoms with Crippen molar-refractivity contribution in [3.05, 3.63) is 51.7 Å². The van der Waals surface area contributed by atoms with Gasteiger partial charge in [-0.15, -0.1) is 11.3 Å². The van der Waals surface area contributed by atoms with Crippen molar-refractivity contribution in [1.82, 2.24) is 5.32 Å². The van der Waals surface area contributed by atoms with Crippen molar-refractivity contribution in [2.75, 3.05) is 5.32 Å². The number of amides is 1.